The van der Waals surface area contributed by atoms with Crippen LogP contribution in [-0.4, -0.2) is 44.3 Å². The molecule has 0 saturated carbocycles. The van der Waals surface area contributed by atoms with E-state index in [1.807, 2.05) is 13.8 Å². The van der Waals surface area contributed by atoms with Gasteiger partial charge in [-0.3, -0.25) is 13.9 Å². The highest BCUT2D eigenvalue weighted by molar-refractivity contribution is 7.92. The molecule has 3 aromatic rings. The van der Waals surface area contributed by atoms with Crippen molar-refractivity contribution in [1.82, 2.24) is 10.2 Å². The maximum atomic E-state index is 14.0. The van der Waals surface area contributed by atoms with E-state index in [2.05, 4.69) is 5.32 Å². The van der Waals surface area contributed by atoms with Gasteiger partial charge in [0.2, 0.25) is 11.8 Å². The molecule has 0 aliphatic heterocycles. The van der Waals surface area contributed by atoms with E-state index in [0.717, 1.165) is 4.31 Å². The first-order valence-corrected chi connectivity index (χ1v) is 15.3. The van der Waals surface area contributed by atoms with Crippen LogP contribution < -0.4 is 9.62 Å². The Morgan fingerprint density at radius 1 is 0.850 bits per heavy atom. The average molecular weight is 645 g/mol. The van der Waals surface area contributed by atoms with Crippen molar-refractivity contribution in [3.05, 3.63) is 92.4 Å². The van der Waals surface area contributed by atoms with Crippen molar-refractivity contribution in [3.63, 3.8) is 0 Å². The lowest BCUT2D eigenvalue weighted by atomic mass is 10.1. The van der Waals surface area contributed by atoms with E-state index in [9.17, 15) is 18.0 Å². The number of nitrogens with zero attached hydrogens (tertiary/aromatic N) is 2. The van der Waals surface area contributed by atoms with E-state index < -0.39 is 34.4 Å². The van der Waals surface area contributed by atoms with Crippen LogP contribution in [0.4, 0.5) is 5.69 Å². The van der Waals surface area contributed by atoms with Gasteiger partial charge in [-0.2, -0.15) is 0 Å². The fourth-order valence-electron chi connectivity index (χ4n) is 3.78. The number of halogens is 4. The summed E-state index contributed by atoms with van der Waals surface area (Å²) in [4.78, 5) is 28.3. The van der Waals surface area contributed by atoms with Gasteiger partial charge in [0, 0.05) is 28.2 Å². The molecule has 7 nitrogen and oxygen atoms in total. The largest absolute Gasteiger partial charge is 0.354 e. The molecular weight excluding hydrogens is 616 g/mol. The Hall–Kier alpha value is -2.49. The van der Waals surface area contributed by atoms with Crippen LogP contribution >= 0.6 is 46.4 Å². The number of amides is 2. The molecule has 0 saturated heterocycles. The van der Waals surface area contributed by atoms with Crippen molar-refractivity contribution >= 4 is 73.9 Å². The van der Waals surface area contributed by atoms with Gasteiger partial charge in [0.1, 0.15) is 12.6 Å². The van der Waals surface area contributed by atoms with Crippen molar-refractivity contribution < 1.29 is 18.0 Å². The van der Waals surface area contributed by atoms with Gasteiger partial charge >= 0.3 is 0 Å². The molecule has 0 unspecified atom stereocenters. The van der Waals surface area contributed by atoms with E-state index in [1.54, 1.807) is 37.3 Å². The number of nitrogens with one attached hydrogen (secondary N) is 1. The molecule has 3 rings (SSSR count). The molecule has 0 aliphatic carbocycles. The smallest absolute Gasteiger partial charge is 0.264 e. The van der Waals surface area contributed by atoms with E-state index in [-0.39, 0.29) is 33.1 Å². The molecule has 3 aromatic carbocycles. The average Bonchev–Trinajstić information content (AvgIpc) is 2.91. The zero-order chi connectivity index (χ0) is 29.6. The second-order valence-corrected chi connectivity index (χ2v) is 13.0. The number of carbonyl (C=O) groups excluding carboxylic acids is 2. The van der Waals surface area contributed by atoms with Crippen LogP contribution in [0.2, 0.25) is 20.1 Å². The van der Waals surface area contributed by atoms with Crippen LogP contribution in [0.15, 0.2) is 71.6 Å². The van der Waals surface area contributed by atoms with E-state index in [1.165, 1.54) is 41.3 Å². The monoisotopic (exact) mass is 643 g/mol. The van der Waals surface area contributed by atoms with Crippen LogP contribution in [0.5, 0.6) is 0 Å². The topological polar surface area (TPSA) is 86.8 Å². The number of rotatable bonds is 11. The zero-order valence-corrected chi connectivity index (χ0v) is 25.9. The first-order valence-electron chi connectivity index (χ1n) is 12.3. The second-order valence-electron chi connectivity index (χ2n) is 9.49. The molecule has 1 atom stereocenters. The normalized spacial score (nSPS) is 12.2. The SMILES string of the molecule is CC(C)CNC(=O)[C@@H](C)N(Cc1ccc(Cl)cc1Cl)C(=O)CN(c1cc(Cl)ccc1Cl)S(=O)(=O)c1ccccc1. The van der Waals surface area contributed by atoms with Crippen LogP contribution in [0.1, 0.15) is 26.3 Å². The molecule has 2 amide bonds. The third kappa shape index (κ3) is 8.04. The maximum absolute atomic E-state index is 14.0. The highest BCUT2D eigenvalue weighted by Crippen LogP contribution is 2.33. The summed E-state index contributed by atoms with van der Waals surface area (Å²) in [7, 11) is -4.28. The number of carbonyl (C=O) groups is 2. The summed E-state index contributed by atoms with van der Waals surface area (Å²) < 4.78 is 28.5. The Kier molecular flexibility index (Phi) is 11.1. The lowest BCUT2D eigenvalue weighted by molar-refractivity contribution is -0.139. The molecule has 0 aliphatic rings. The molecule has 0 heterocycles. The molecule has 0 aromatic heterocycles. The highest BCUT2D eigenvalue weighted by atomic mass is 35.5. The van der Waals surface area contributed by atoms with E-state index >= 15 is 0 Å². The van der Waals surface area contributed by atoms with Crippen molar-refractivity contribution in [3.8, 4) is 0 Å². The Balaban J connectivity index is 2.06. The number of hydrogen-bond donors (Lipinski definition) is 1. The summed E-state index contributed by atoms with van der Waals surface area (Å²) in [6.45, 7) is 5.13. The predicted octanol–water partition coefficient (Wildman–Crippen LogP) is 6.69. The van der Waals surface area contributed by atoms with Crippen LogP contribution in [0.25, 0.3) is 0 Å². The minimum absolute atomic E-state index is 0.0211. The molecule has 12 heteroatoms. The summed E-state index contributed by atoms with van der Waals surface area (Å²) in [5.41, 5.74) is 0.550. The van der Waals surface area contributed by atoms with Crippen molar-refractivity contribution in [2.24, 2.45) is 5.92 Å². The molecule has 0 bridgehead atoms. The van der Waals surface area contributed by atoms with Gasteiger partial charge in [-0.05, 0) is 60.9 Å². The first-order chi connectivity index (χ1) is 18.8. The van der Waals surface area contributed by atoms with Crippen LogP contribution in [0.3, 0.4) is 0 Å². The summed E-state index contributed by atoms with van der Waals surface area (Å²) >= 11 is 25.0. The van der Waals surface area contributed by atoms with Gasteiger partial charge in [-0.15, -0.1) is 0 Å². The number of benzene rings is 3. The van der Waals surface area contributed by atoms with Crippen molar-refractivity contribution in [1.29, 1.82) is 0 Å². The molecule has 0 radical (unpaired) electrons. The fraction of sp³-hybridized carbons (Fsp3) is 0.286. The zero-order valence-electron chi connectivity index (χ0n) is 22.1. The number of sulfonamides is 1. The molecule has 214 valence electrons. The minimum Gasteiger partial charge on any atom is -0.354 e. The van der Waals surface area contributed by atoms with Gasteiger partial charge in [-0.25, -0.2) is 8.42 Å². The predicted molar refractivity (Wildman–Crippen MR) is 162 cm³/mol. The van der Waals surface area contributed by atoms with E-state index in [0.29, 0.717) is 22.2 Å². The third-order valence-electron chi connectivity index (χ3n) is 5.99. The molecule has 0 spiro atoms. The van der Waals surface area contributed by atoms with E-state index in [4.69, 9.17) is 46.4 Å². The maximum Gasteiger partial charge on any atom is 0.264 e. The summed E-state index contributed by atoms with van der Waals surface area (Å²) in [6.07, 6.45) is 0. The number of hydrogen-bond acceptors (Lipinski definition) is 4. The van der Waals surface area contributed by atoms with Gasteiger partial charge in [0.15, 0.2) is 0 Å². The van der Waals surface area contributed by atoms with Gasteiger partial charge in [0.25, 0.3) is 10.0 Å². The minimum atomic E-state index is -4.28. The third-order valence-corrected chi connectivity index (χ3v) is 8.91. The second kappa shape index (κ2) is 13.9. The lowest BCUT2D eigenvalue weighted by Crippen LogP contribution is -2.51. The Bertz CT molecular complexity index is 1470. The van der Waals surface area contributed by atoms with Crippen molar-refractivity contribution in [2.75, 3.05) is 17.4 Å². The van der Waals surface area contributed by atoms with Gasteiger partial charge < -0.3 is 10.2 Å². The van der Waals surface area contributed by atoms with Crippen LogP contribution in [-0.2, 0) is 26.2 Å². The fourth-order valence-corrected chi connectivity index (χ4v) is 6.13. The molecular formula is C28H29Cl4N3O4S. The van der Waals surface area contributed by atoms with Gasteiger partial charge in [0.05, 0.1) is 15.6 Å². The standard InChI is InChI=1S/C28H29Cl4N3O4S/c1-18(2)15-33-28(37)19(3)34(16-20-9-10-21(29)13-25(20)32)27(36)17-35(26-14-22(30)11-12-24(26)31)40(38,39)23-7-5-4-6-8-23/h4-14,18-19H,15-17H2,1-3H3,(H,33,37)/t19-/m1/s1. The first kappa shape index (κ1) is 32.0. The Morgan fingerprint density at radius 3 is 2.10 bits per heavy atom. The van der Waals surface area contributed by atoms with Crippen LogP contribution in [0, 0.1) is 5.92 Å². The summed E-state index contributed by atoms with van der Waals surface area (Å²) in [5.74, 6) is -0.873. The lowest BCUT2D eigenvalue weighted by Gasteiger charge is -2.32. The highest BCUT2D eigenvalue weighted by Gasteiger charge is 2.33. The number of anilines is 1. The summed E-state index contributed by atoms with van der Waals surface area (Å²) in [6, 6.07) is 15.8. The van der Waals surface area contributed by atoms with Crippen molar-refractivity contribution in [2.45, 2.75) is 38.3 Å². The molecule has 0 fully saturated rings. The molecule has 40 heavy (non-hydrogen) atoms. The Labute approximate surface area is 255 Å². The quantitative estimate of drug-likeness (QED) is 0.252. The molecule has 1 N–H and O–H groups in total. The summed E-state index contributed by atoms with van der Waals surface area (Å²) in [5, 5.41) is 3.84. The Morgan fingerprint density at radius 2 is 1.48 bits per heavy atom. The van der Waals surface area contributed by atoms with Gasteiger partial charge in [-0.1, -0.05) is 84.5 Å².